The molecule has 0 saturated carbocycles. The highest BCUT2D eigenvalue weighted by molar-refractivity contribution is 5.91. The van der Waals surface area contributed by atoms with Crippen molar-refractivity contribution in [1.82, 2.24) is 24.9 Å². The summed E-state index contributed by atoms with van der Waals surface area (Å²) in [7, 11) is 0. The lowest BCUT2D eigenvalue weighted by atomic mass is 10.0. The molecule has 1 aromatic rings. The first-order valence-corrected chi connectivity index (χ1v) is 9.11. The number of urea groups is 1. The Morgan fingerprint density at radius 1 is 1.36 bits per heavy atom. The van der Waals surface area contributed by atoms with Crippen LogP contribution in [0, 0.1) is 5.92 Å². The summed E-state index contributed by atoms with van der Waals surface area (Å²) in [5.41, 5.74) is 0. The van der Waals surface area contributed by atoms with Crippen molar-refractivity contribution in [2.24, 2.45) is 5.92 Å². The third-order valence-electron chi connectivity index (χ3n) is 4.78. The molecular weight excluding hydrogens is 320 g/mol. The molecule has 2 saturated heterocycles. The predicted octanol–water partition coefficient (Wildman–Crippen LogP) is 0.967. The maximum atomic E-state index is 12.3. The van der Waals surface area contributed by atoms with Gasteiger partial charge in [0, 0.05) is 44.8 Å². The Morgan fingerprint density at radius 3 is 2.76 bits per heavy atom. The minimum atomic E-state index is -0.0112. The van der Waals surface area contributed by atoms with E-state index < -0.39 is 0 Å². The van der Waals surface area contributed by atoms with E-state index in [1.165, 1.54) is 0 Å². The van der Waals surface area contributed by atoms with Crippen LogP contribution in [0.15, 0.2) is 12.3 Å². The van der Waals surface area contributed by atoms with Gasteiger partial charge in [0.05, 0.1) is 12.7 Å². The van der Waals surface area contributed by atoms with E-state index in [4.69, 9.17) is 0 Å². The molecular formula is C17H28N6O2. The number of nitrogens with zero attached hydrogens (tertiary/aromatic N) is 4. The Kier molecular flexibility index (Phi) is 5.57. The fraction of sp³-hybridized carbons (Fsp3) is 0.706. The quantitative estimate of drug-likeness (QED) is 0.802. The number of carbonyl (C=O) groups is 2. The zero-order valence-electron chi connectivity index (χ0n) is 15.1. The molecule has 138 valence electrons. The fourth-order valence-corrected chi connectivity index (χ4v) is 3.54. The Morgan fingerprint density at radius 2 is 2.12 bits per heavy atom. The molecule has 3 rings (SSSR count). The van der Waals surface area contributed by atoms with Crippen LogP contribution in [0.2, 0.25) is 0 Å². The van der Waals surface area contributed by atoms with Gasteiger partial charge >= 0.3 is 6.03 Å². The zero-order chi connectivity index (χ0) is 17.8. The summed E-state index contributed by atoms with van der Waals surface area (Å²) in [6.45, 7) is 8.63. The molecule has 2 aliphatic heterocycles. The molecule has 0 spiro atoms. The molecule has 2 aliphatic rings. The Labute approximate surface area is 148 Å². The molecule has 0 aliphatic carbocycles. The van der Waals surface area contributed by atoms with E-state index in [0.29, 0.717) is 18.5 Å². The smallest absolute Gasteiger partial charge is 0.317 e. The van der Waals surface area contributed by atoms with E-state index in [-0.39, 0.29) is 11.9 Å². The van der Waals surface area contributed by atoms with Gasteiger partial charge in [-0.1, -0.05) is 13.8 Å². The molecule has 3 amide bonds. The average Bonchev–Trinajstić information content (AvgIpc) is 3.17. The monoisotopic (exact) mass is 348 g/mol. The van der Waals surface area contributed by atoms with Gasteiger partial charge in [0.25, 0.3) is 0 Å². The lowest BCUT2D eigenvalue weighted by molar-refractivity contribution is -0.117. The van der Waals surface area contributed by atoms with Gasteiger partial charge in [0.1, 0.15) is 5.82 Å². The summed E-state index contributed by atoms with van der Waals surface area (Å²) in [5, 5.41) is 10.1. The lowest BCUT2D eigenvalue weighted by Crippen LogP contribution is -2.47. The van der Waals surface area contributed by atoms with Crippen LogP contribution in [0.25, 0.3) is 0 Å². The van der Waals surface area contributed by atoms with Crippen molar-refractivity contribution in [3.8, 4) is 0 Å². The van der Waals surface area contributed by atoms with E-state index >= 15 is 0 Å². The van der Waals surface area contributed by atoms with Gasteiger partial charge in [0.15, 0.2) is 0 Å². The van der Waals surface area contributed by atoms with E-state index in [9.17, 15) is 9.59 Å². The second-order valence-electron chi connectivity index (χ2n) is 7.27. The first-order chi connectivity index (χ1) is 12.0. The summed E-state index contributed by atoms with van der Waals surface area (Å²) in [6.07, 6.45) is 3.56. The summed E-state index contributed by atoms with van der Waals surface area (Å²) in [6, 6.07) is 2.18. The molecule has 3 heterocycles. The summed E-state index contributed by atoms with van der Waals surface area (Å²) in [5.74, 6) is 1.21. The van der Waals surface area contributed by atoms with Crippen LogP contribution < -0.4 is 10.6 Å². The number of likely N-dealkylation sites (tertiary alicyclic amines) is 1. The Balaban J connectivity index is 1.45. The predicted molar refractivity (Wildman–Crippen MR) is 95.3 cm³/mol. The van der Waals surface area contributed by atoms with Crippen LogP contribution in [0.4, 0.5) is 10.6 Å². The van der Waals surface area contributed by atoms with Crippen LogP contribution in [0.5, 0.6) is 0 Å². The van der Waals surface area contributed by atoms with Crippen molar-refractivity contribution >= 4 is 17.8 Å². The molecule has 2 fully saturated rings. The number of aromatic nitrogens is 2. The largest absolute Gasteiger partial charge is 0.336 e. The highest BCUT2D eigenvalue weighted by Crippen LogP contribution is 2.18. The number of amides is 3. The van der Waals surface area contributed by atoms with E-state index in [2.05, 4.69) is 34.5 Å². The molecule has 0 bridgehead atoms. The van der Waals surface area contributed by atoms with Crippen molar-refractivity contribution < 1.29 is 9.59 Å². The molecule has 0 atom stereocenters. The molecule has 0 radical (unpaired) electrons. The highest BCUT2D eigenvalue weighted by Gasteiger charge is 2.31. The zero-order valence-corrected chi connectivity index (χ0v) is 15.1. The minimum Gasteiger partial charge on any atom is -0.336 e. The number of hydrogen-bond acceptors (Lipinski definition) is 4. The van der Waals surface area contributed by atoms with Crippen molar-refractivity contribution in [1.29, 1.82) is 0 Å². The number of carbonyl (C=O) groups excluding carboxylic acids is 2. The molecule has 8 nitrogen and oxygen atoms in total. The highest BCUT2D eigenvalue weighted by atomic mass is 16.2. The van der Waals surface area contributed by atoms with Crippen LogP contribution in [0.3, 0.4) is 0 Å². The molecule has 2 N–H and O–H groups in total. The molecule has 0 unspecified atom stereocenters. The van der Waals surface area contributed by atoms with Crippen LogP contribution in [0.1, 0.15) is 26.7 Å². The fourth-order valence-electron chi connectivity index (χ4n) is 3.54. The normalized spacial score (nSPS) is 19.5. The molecule has 8 heteroatoms. The number of hydrogen-bond donors (Lipinski definition) is 2. The van der Waals surface area contributed by atoms with E-state index in [1.807, 2.05) is 15.6 Å². The minimum absolute atomic E-state index is 0.0112. The van der Waals surface area contributed by atoms with Crippen LogP contribution >= 0.6 is 0 Å². The van der Waals surface area contributed by atoms with Gasteiger partial charge in [-0.05, 0) is 18.8 Å². The summed E-state index contributed by atoms with van der Waals surface area (Å²) < 4.78 is 1.83. The number of nitrogens with one attached hydrogen (secondary N) is 2. The molecule has 1 aromatic heterocycles. The maximum Gasteiger partial charge on any atom is 0.317 e. The number of rotatable bonds is 6. The van der Waals surface area contributed by atoms with Gasteiger partial charge in [-0.3, -0.25) is 9.69 Å². The van der Waals surface area contributed by atoms with E-state index in [1.54, 1.807) is 6.20 Å². The van der Waals surface area contributed by atoms with Gasteiger partial charge in [0.2, 0.25) is 5.91 Å². The van der Waals surface area contributed by atoms with Gasteiger partial charge < -0.3 is 15.5 Å². The van der Waals surface area contributed by atoms with Gasteiger partial charge in [-0.15, -0.1) is 0 Å². The van der Waals surface area contributed by atoms with Crippen molar-refractivity contribution in [2.75, 3.05) is 38.0 Å². The van der Waals surface area contributed by atoms with E-state index in [0.717, 1.165) is 51.4 Å². The van der Waals surface area contributed by atoms with Gasteiger partial charge in [-0.25, -0.2) is 9.48 Å². The first-order valence-electron chi connectivity index (χ1n) is 9.11. The van der Waals surface area contributed by atoms with Crippen molar-refractivity contribution in [3.05, 3.63) is 12.3 Å². The number of piperidine rings is 1. The third kappa shape index (κ3) is 4.50. The molecule has 25 heavy (non-hydrogen) atoms. The van der Waals surface area contributed by atoms with Crippen molar-refractivity contribution in [2.45, 2.75) is 39.3 Å². The van der Waals surface area contributed by atoms with Crippen LogP contribution in [-0.4, -0.2) is 70.3 Å². The molecule has 0 aromatic carbocycles. The topological polar surface area (TPSA) is 82.5 Å². The first kappa shape index (κ1) is 17.7. The van der Waals surface area contributed by atoms with Gasteiger partial charge in [-0.2, -0.15) is 5.10 Å². The summed E-state index contributed by atoms with van der Waals surface area (Å²) >= 11 is 0. The SMILES string of the molecule is CC(C)Cn1nccc1NC(=O)CN1CCC(N2CCNC2=O)CC1. The average molecular weight is 348 g/mol. The third-order valence-corrected chi connectivity index (χ3v) is 4.78. The Bertz CT molecular complexity index is 606. The maximum absolute atomic E-state index is 12.3. The van der Waals surface area contributed by atoms with Crippen molar-refractivity contribution in [3.63, 3.8) is 0 Å². The second-order valence-corrected chi connectivity index (χ2v) is 7.27. The standard InChI is InChI=1S/C17H28N6O2/c1-13(2)11-23-15(3-6-19-23)20-16(24)12-21-8-4-14(5-9-21)22-10-7-18-17(22)25/h3,6,13-14H,4-5,7-12H2,1-2H3,(H,18,25)(H,20,24). The lowest BCUT2D eigenvalue weighted by Gasteiger charge is -2.35. The number of anilines is 1. The van der Waals surface area contributed by atoms with Crippen LogP contribution in [-0.2, 0) is 11.3 Å². The Hall–Kier alpha value is -2.09. The summed E-state index contributed by atoms with van der Waals surface area (Å²) in [4.78, 5) is 28.2. The second kappa shape index (κ2) is 7.86.